The van der Waals surface area contributed by atoms with Gasteiger partial charge in [0.15, 0.2) is 5.78 Å². The maximum atomic E-state index is 12.9. The van der Waals surface area contributed by atoms with Crippen LogP contribution in [0.4, 0.5) is 0 Å². The van der Waals surface area contributed by atoms with Crippen LogP contribution in [0.1, 0.15) is 23.1 Å². The van der Waals surface area contributed by atoms with Gasteiger partial charge in [-0.25, -0.2) is 0 Å². The number of ketones is 1. The number of hydrogen-bond donors (Lipinski definition) is 1. The predicted octanol–water partition coefficient (Wildman–Crippen LogP) is 4.08. The molecule has 1 saturated carbocycles. The molecule has 6 heteroatoms. The minimum Gasteiger partial charge on any atom is -0.497 e. The van der Waals surface area contributed by atoms with E-state index in [1.165, 1.54) is 0 Å². The summed E-state index contributed by atoms with van der Waals surface area (Å²) in [6.07, 6.45) is -3.33. The Morgan fingerprint density at radius 3 is 1.76 bits per heavy atom. The molecule has 0 spiro atoms. The monoisotopic (exact) mass is 462 g/mol. The summed E-state index contributed by atoms with van der Waals surface area (Å²) in [5.41, 5.74) is 2.85. The van der Waals surface area contributed by atoms with Crippen molar-refractivity contribution in [2.24, 2.45) is 0 Å². The van der Waals surface area contributed by atoms with Gasteiger partial charge in [-0.05, 0) is 28.8 Å². The summed E-state index contributed by atoms with van der Waals surface area (Å²) in [4.78, 5) is 12.9. The standard InChI is InChI=1S/C28H30O6/c1-31-23-14-12-22(13-15-23)19-33-27-25(30)16-24(29)26(32-17-20-8-4-2-5-9-20)28(27)34-18-21-10-6-3-7-11-21/h2-15,24,26-29H,16-19H2,1H3/t24-,26+,27-,28-/m1/s1. The van der Waals surface area contributed by atoms with E-state index in [4.69, 9.17) is 18.9 Å². The molecule has 0 amide bonds. The third-order valence-electron chi connectivity index (χ3n) is 5.89. The summed E-state index contributed by atoms with van der Waals surface area (Å²) in [6.45, 7) is 0.805. The van der Waals surface area contributed by atoms with E-state index in [0.29, 0.717) is 6.61 Å². The van der Waals surface area contributed by atoms with E-state index < -0.39 is 24.4 Å². The molecule has 6 nitrogen and oxygen atoms in total. The van der Waals surface area contributed by atoms with Crippen LogP contribution in [0, 0.1) is 0 Å². The summed E-state index contributed by atoms with van der Waals surface area (Å²) in [5, 5.41) is 10.8. The van der Waals surface area contributed by atoms with Gasteiger partial charge in [0.25, 0.3) is 0 Å². The topological polar surface area (TPSA) is 74.2 Å². The Labute approximate surface area is 200 Å². The molecule has 1 fully saturated rings. The lowest BCUT2D eigenvalue weighted by Gasteiger charge is -2.39. The number of carbonyl (C=O) groups excluding carboxylic acids is 1. The highest BCUT2D eigenvalue weighted by atomic mass is 16.6. The van der Waals surface area contributed by atoms with Gasteiger partial charge in [-0.3, -0.25) is 4.79 Å². The summed E-state index contributed by atoms with van der Waals surface area (Å²) >= 11 is 0. The first-order chi connectivity index (χ1) is 16.6. The second-order valence-corrected chi connectivity index (χ2v) is 8.34. The van der Waals surface area contributed by atoms with Crippen LogP contribution in [0.25, 0.3) is 0 Å². The van der Waals surface area contributed by atoms with Crippen LogP contribution in [-0.2, 0) is 38.8 Å². The van der Waals surface area contributed by atoms with E-state index in [-0.39, 0.29) is 25.4 Å². The lowest BCUT2D eigenvalue weighted by Crippen LogP contribution is -2.57. The van der Waals surface area contributed by atoms with E-state index in [0.717, 1.165) is 22.4 Å². The Kier molecular flexibility index (Phi) is 8.44. The average Bonchev–Trinajstić information content (AvgIpc) is 2.88. The highest BCUT2D eigenvalue weighted by molar-refractivity contribution is 5.85. The van der Waals surface area contributed by atoms with Crippen molar-refractivity contribution in [3.05, 3.63) is 102 Å². The smallest absolute Gasteiger partial charge is 0.167 e. The van der Waals surface area contributed by atoms with Gasteiger partial charge >= 0.3 is 0 Å². The molecule has 4 rings (SSSR count). The zero-order valence-electron chi connectivity index (χ0n) is 19.2. The van der Waals surface area contributed by atoms with Crippen molar-refractivity contribution in [3.63, 3.8) is 0 Å². The molecule has 1 aliphatic rings. The Hall–Kier alpha value is -3.03. The first kappa shape index (κ1) is 24.1. The summed E-state index contributed by atoms with van der Waals surface area (Å²) in [6, 6.07) is 26.9. The molecule has 0 aromatic heterocycles. The second kappa shape index (κ2) is 11.9. The van der Waals surface area contributed by atoms with Gasteiger partial charge in [0.1, 0.15) is 24.1 Å². The number of rotatable bonds is 10. The van der Waals surface area contributed by atoms with Crippen LogP contribution in [0.5, 0.6) is 5.75 Å². The molecular formula is C28H30O6. The fraction of sp³-hybridized carbons (Fsp3) is 0.321. The van der Waals surface area contributed by atoms with Gasteiger partial charge in [0.2, 0.25) is 0 Å². The van der Waals surface area contributed by atoms with Gasteiger partial charge in [0, 0.05) is 6.42 Å². The number of benzene rings is 3. The molecule has 1 N–H and O–H groups in total. The lowest BCUT2D eigenvalue weighted by atomic mass is 9.88. The minimum absolute atomic E-state index is 0.0437. The fourth-order valence-corrected chi connectivity index (χ4v) is 4.03. The molecule has 1 aliphatic carbocycles. The van der Waals surface area contributed by atoms with E-state index >= 15 is 0 Å². The highest BCUT2D eigenvalue weighted by Crippen LogP contribution is 2.28. The van der Waals surface area contributed by atoms with Gasteiger partial charge in [-0.1, -0.05) is 72.8 Å². The molecule has 3 aromatic rings. The van der Waals surface area contributed by atoms with Crippen LogP contribution in [-0.4, -0.2) is 42.4 Å². The van der Waals surface area contributed by atoms with Crippen LogP contribution in [0.15, 0.2) is 84.9 Å². The van der Waals surface area contributed by atoms with E-state index in [1.54, 1.807) is 7.11 Å². The molecule has 178 valence electrons. The van der Waals surface area contributed by atoms with Crippen molar-refractivity contribution >= 4 is 5.78 Å². The number of carbonyl (C=O) groups is 1. The Bertz CT molecular complexity index is 1020. The van der Waals surface area contributed by atoms with Gasteiger partial charge in [-0.2, -0.15) is 0 Å². The third-order valence-corrected chi connectivity index (χ3v) is 5.89. The van der Waals surface area contributed by atoms with Gasteiger partial charge in [0.05, 0.1) is 33.0 Å². The summed E-state index contributed by atoms with van der Waals surface area (Å²) < 4.78 is 23.6. The Morgan fingerprint density at radius 1 is 0.706 bits per heavy atom. The van der Waals surface area contributed by atoms with E-state index in [2.05, 4.69) is 0 Å². The summed E-state index contributed by atoms with van der Waals surface area (Å²) in [5.74, 6) is 0.553. The molecule has 0 unspecified atom stereocenters. The molecule has 0 bridgehead atoms. The van der Waals surface area contributed by atoms with Crippen molar-refractivity contribution in [1.82, 2.24) is 0 Å². The number of ether oxygens (including phenoxy) is 4. The number of Topliss-reactive ketones (excluding diaryl/α,β-unsaturated/α-hetero) is 1. The molecule has 0 radical (unpaired) electrons. The van der Waals surface area contributed by atoms with Crippen molar-refractivity contribution in [2.45, 2.75) is 50.7 Å². The van der Waals surface area contributed by atoms with Crippen LogP contribution < -0.4 is 4.74 Å². The molecule has 4 atom stereocenters. The number of methoxy groups -OCH3 is 1. The van der Waals surface area contributed by atoms with Crippen molar-refractivity contribution < 1.29 is 28.8 Å². The molecule has 3 aromatic carbocycles. The van der Waals surface area contributed by atoms with E-state index in [9.17, 15) is 9.90 Å². The van der Waals surface area contributed by atoms with Gasteiger partial charge in [-0.15, -0.1) is 0 Å². The first-order valence-corrected chi connectivity index (χ1v) is 11.4. The van der Waals surface area contributed by atoms with Crippen LogP contribution >= 0.6 is 0 Å². The fourth-order valence-electron chi connectivity index (χ4n) is 4.03. The van der Waals surface area contributed by atoms with Crippen molar-refractivity contribution in [3.8, 4) is 5.75 Å². The minimum atomic E-state index is -0.974. The van der Waals surface area contributed by atoms with Crippen molar-refractivity contribution in [1.29, 1.82) is 0 Å². The van der Waals surface area contributed by atoms with Crippen molar-refractivity contribution in [2.75, 3.05) is 7.11 Å². The molecular weight excluding hydrogens is 432 g/mol. The quantitative estimate of drug-likeness (QED) is 0.489. The van der Waals surface area contributed by atoms with Crippen LogP contribution in [0.2, 0.25) is 0 Å². The summed E-state index contributed by atoms with van der Waals surface area (Å²) in [7, 11) is 1.61. The van der Waals surface area contributed by atoms with Gasteiger partial charge < -0.3 is 24.1 Å². The Balaban J connectivity index is 1.50. The largest absolute Gasteiger partial charge is 0.497 e. The maximum absolute atomic E-state index is 12.9. The molecule has 0 saturated heterocycles. The highest BCUT2D eigenvalue weighted by Gasteiger charge is 2.46. The zero-order valence-corrected chi connectivity index (χ0v) is 19.2. The van der Waals surface area contributed by atoms with E-state index in [1.807, 2.05) is 84.9 Å². The molecule has 0 aliphatic heterocycles. The first-order valence-electron chi connectivity index (χ1n) is 11.4. The molecule has 34 heavy (non-hydrogen) atoms. The Morgan fingerprint density at radius 2 is 1.21 bits per heavy atom. The maximum Gasteiger partial charge on any atom is 0.167 e. The number of hydrogen-bond acceptors (Lipinski definition) is 6. The SMILES string of the molecule is COc1ccc(CO[C@@H]2C(=O)C[C@@H](O)[C@H](OCc3ccccc3)[C@H]2OCc2ccccc2)cc1. The average molecular weight is 463 g/mol. The molecule has 0 heterocycles. The third kappa shape index (κ3) is 6.30. The normalized spacial score (nSPS) is 22.5. The number of aliphatic hydroxyl groups excluding tert-OH is 1. The van der Waals surface area contributed by atoms with Crippen LogP contribution in [0.3, 0.4) is 0 Å². The zero-order chi connectivity index (χ0) is 23.8. The second-order valence-electron chi connectivity index (χ2n) is 8.34. The lowest BCUT2D eigenvalue weighted by molar-refractivity contribution is -0.201. The predicted molar refractivity (Wildman–Crippen MR) is 127 cm³/mol. The number of aliphatic hydroxyl groups is 1.